The Bertz CT molecular complexity index is 365. The molecule has 0 saturated carbocycles. The van der Waals surface area contributed by atoms with E-state index in [4.69, 9.17) is 0 Å². The minimum absolute atomic E-state index is 0. The third kappa shape index (κ3) is 3.60. The van der Waals surface area contributed by atoms with Gasteiger partial charge in [0.2, 0.25) is 0 Å². The van der Waals surface area contributed by atoms with Crippen molar-refractivity contribution in [2.75, 3.05) is 13.6 Å². The van der Waals surface area contributed by atoms with Gasteiger partial charge in [0, 0.05) is 31.9 Å². The molecule has 2 rings (SSSR count). The van der Waals surface area contributed by atoms with Crippen molar-refractivity contribution in [3.05, 3.63) is 17.7 Å². The number of fused-ring (bicyclic) bond motifs is 1. The lowest BCUT2D eigenvalue weighted by Crippen LogP contribution is -2.34. The first-order valence-electron chi connectivity index (χ1n) is 6.07. The minimum atomic E-state index is 0. The number of aromatic nitrogens is 2. The molecule has 0 saturated heterocycles. The van der Waals surface area contributed by atoms with Gasteiger partial charge in [-0.25, -0.2) is 4.98 Å². The molecule has 0 bridgehead atoms. The van der Waals surface area contributed by atoms with Crippen molar-refractivity contribution < 1.29 is 0 Å². The van der Waals surface area contributed by atoms with Crippen LogP contribution in [0.1, 0.15) is 38.3 Å². The van der Waals surface area contributed by atoms with E-state index in [-0.39, 0.29) is 24.8 Å². The van der Waals surface area contributed by atoms with Crippen LogP contribution in [0.5, 0.6) is 0 Å². The van der Waals surface area contributed by atoms with Crippen LogP contribution >= 0.6 is 24.8 Å². The van der Waals surface area contributed by atoms with Gasteiger partial charge in [0.1, 0.15) is 5.82 Å². The standard InChI is InChI=1S/C12H22N4.2ClH/c1-9(2)15(4)8-11-7-14-12-10(3)13-5-6-16(11)12;;/h7,9-10,13H,5-6,8H2,1-4H3;2*1H. The normalized spacial score (nSPS) is 18.2. The predicted octanol–water partition coefficient (Wildman–Crippen LogP) is 2.23. The van der Waals surface area contributed by atoms with E-state index >= 15 is 0 Å². The fraction of sp³-hybridized carbons (Fsp3) is 0.750. The van der Waals surface area contributed by atoms with Crippen molar-refractivity contribution in [3.8, 4) is 0 Å². The summed E-state index contributed by atoms with van der Waals surface area (Å²) in [7, 11) is 2.16. The average Bonchev–Trinajstić information content (AvgIpc) is 2.63. The fourth-order valence-corrected chi connectivity index (χ4v) is 2.08. The van der Waals surface area contributed by atoms with Crippen LogP contribution in [-0.2, 0) is 13.1 Å². The van der Waals surface area contributed by atoms with Crippen molar-refractivity contribution in [2.24, 2.45) is 0 Å². The lowest BCUT2D eigenvalue weighted by molar-refractivity contribution is 0.256. The highest BCUT2D eigenvalue weighted by Crippen LogP contribution is 2.18. The second-order valence-electron chi connectivity index (χ2n) is 4.94. The first-order chi connectivity index (χ1) is 7.59. The summed E-state index contributed by atoms with van der Waals surface area (Å²) in [6.07, 6.45) is 2.03. The van der Waals surface area contributed by atoms with Gasteiger partial charge in [-0.3, -0.25) is 4.90 Å². The van der Waals surface area contributed by atoms with Crippen molar-refractivity contribution in [2.45, 2.75) is 45.9 Å². The van der Waals surface area contributed by atoms with Crippen molar-refractivity contribution in [3.63, 3.8) is 0 Å². The summed E-state index contributed by atoms with van der Waals surface area (Å²) < 4.78 is 2.36. The van der Waals surface area contributed by atoms with E-state index < -0.39 is 0 Å². The van der Waals surface area contributed by atoms with Gasteiger partial charge in [-0.1, -0.05) is 0 Å². The average molecular weight is 295 g/mol. The van der Waals surface area contributed by atoms with Gasteiger partial charge in [0.25, 0.3) is 0 Å². The molecule has 18 heavy (non-hydrogen) atoms. The molecule has 1 atom stereocenters. The quantitative estimate of drug-likeness (QED) is 0.928. The van der Waals surface area contributed by atoms with Crippen LogP contribution in [0.3, 0.4) is 0 Å². The van der Waals surface area contributed by atoms with E-state index in [1.54, 1.807) is 0 Å². The summed E-state index contributed by atoms with van der Waals surface area (Å²) in [6, 6.07) is 0.956. The molecule has 2 heterocycles. The van der Waals surface area contributed by atoms with E-state index in [0.717, 1.165) is 19.6 Å². The molecule has 1 aliphatic heterocycles. The number of nitrogens with one attached hydrogen (secondary N) is 1. The Balaban J connectivity index is 0.00000144. The Morgan fingerprint density at radius 2 is 2.17 bits per heavy atom. The number of hydrogen-bond acceptors (Lipinski definition) is 3. The monoisotopic (exact) mass is 294 g/mol. The lowest BCUT2D eigenvalue weighted by Gasteiger charge is -2.26. The van der Waals surface area contributed by atoms with Crippen molar-refractivity contribution in [1.82, 2.24) is 19.8 Å². The molecule has 0 fully saturated rings. The highest BCUT2D eigenvalue weighted by atomic mass is 35.5. The maximum absolute atomic E-state index is 4.52. The first-order valence-corrected chi connectivity index (χ1v) is 6.07. The molecule has 1 aromatic heterocycles. The van der Waals surface area contributed by atoms with E-state index in [9.17, 15) is 0 Å². The minimum Gasteiger partial charge on any atom is -0.328 e. The van der Waals surface area contributed by atoms with Gasteiger partial charge < -0.3 is 9.88 Å². The van der Waals surface area contributed by atoms with E-state index in [1.807, 2.05) is 6.20 Å². The van der Waals surface area contributed by atoms with Gasteiger partial charge in [-0.05, 0) is 27.8 Å². The van der Waals surface area contributed by atoms with Gasteiger partial charge in [0.05, 0.1) is 11.7 Å². The van der Waals surface area contributed by atoms with Crippen LogP contribution in [0.2, 0.25) is 0 Å². The number of nitrogens with zero attached hydrogens (tertiary/aromatic N) is 3. The zero-order chi connectivity index (χ0) is 11.7. The maximum Gasteiger partial charge on any atom is 0.125 e. The van der Waals surface area contributed by atoms with Gasteiger partial charge >= 0.3 is 0 Å². The fourth-order valence-electron chi connectivity index (χ4n) is 2.08. The maximum atomic E-state index is 4.52. The zero-order valence-electron chi connectivity index (χ0n) is 11.5. The molecule has 0 amide bonds. The second-order valence-corrected chi connectivity index (χ2v) is 4.94. The molecule has 1 N–H and O–H groups in total. The molecule has 0 spiro atoms. The van der Waals surface area contributed by atoms with Crippen LogP contribution in [0.15, 0.2) is 6.20 Å². The molecular weight excluding hydrogens is 271 g/mol. The molecule has 106 valence electrons. The molecule has 0 aromatic carbocycles. The molecular formula is C12H24Cl2N4. The number of rotatable bonds is 3. The SMILES string of the molecule is CC1NCCn2c(CN(C)C(C)C)cnc21.Cl.Cl. The number of hydrogen-bond donors (Lipinski definition) is 1. The molecule has 0 radical (unpaired) electrons. The lowest BCUT2D eigenvalue weighted by atomic mass is 10.2. The van der Waals surface area contributed by atoms with Crippen LogP contribution in [0, 0.1) is 0 Å². The Labute approximate surface area is 122 Å². The summed E-state index contributed by atoms with van der Waals surface area (Å²) in [5, 5.41) is 3.43. The molecule has 0 aliphatic carbocycles. The smallest absolute Gasteiger partial charge is 0.125 e. The topological polar surface area (TPSA) is 33.1 Å². The van der Waals surface area contributed by atoms with Gasteiger partial charge in [0.15, 0.2) is 0 Å². The molecule has 1 aliphatic rings. The molecule has 1 aromatic rings. The van der Waals surface area contributed by atoms with Crippen LogP contribution < -0.4 is 5.32 Å². The first kappa shape index (κ1) is 17.7. The zero-order valence-corrected chi connectivity index (χ0v) is 13.1. The van der Waals surface area contributed by atoms with Crippen LogP contribution in [0.4, 0.5) is 0 Å². The van der Waals surface area contributed by atoms with Crippen LogP contribution in [-0.4, -0.2) is 34.1 Å². The Morgan fingerprint density at radius 3 is 2.78 bits per heavy atom. The van der Waals surface area contributed by atoms with Crippen molar-refractivity contribution in [1.29, 1.82) is 0 Å². The highest BCUT2D eigenvalue weighted by molar-refractivity contribution is 5.85. The van der Waals surface area contributed by atoms with Gasteiger partial charge in [-0.2, -0.15) is 0 Å². The van der Waals surface area contributed by atoms with Crippen LogP contribution in [0.25, 0.3) is 0 Å². The Kier molecular flexibility index (Phi) is 7.22. The van der Waals surface area contributed by atoms with E-state index in [2.05, 4.69) is 47.6 Å². The summed E-state index contributed by atoms with van der Waals surface area (Å²) in [5.41, 5.74) is 1.33. The van der Waals surface area contributed by atoms with E-state index in [1.165, 1.54) is 11.5 Å². The molecule has 1 unspecified atom stereocenters. The summed E-state index contributed by atoms with van der Waals surface area (Å²) >= 11 is 0. The summed E-state index contributed by atoms with van der Waals surface area (Å²) in [6.45, 7) is 9.69. The van der Waals surface area contributed by atoms with Gasteiger partial charge in [-0.15, -0.1) is 24.8 Å². The van der Waals surface area contributed by atoms with E-state index in [0.29, 0.717) is 12.1 Å². The summed E-state index contributed by atoms with van der Waals surface area (Å²) in [4.78, 5) is 6.87. The second kappa shape index (κ2) is 7.34. The third-order valence-corrected chi connectivity index (χ3v) is 3.44. The Hall–Kier alpha value is -0.290. The predicted molar refractivity (Wildman–Crippen MR) is 79.7 cm³/mol. The largest absolute Gasteiger partial charge is 0.328 e. The van der Waals surface area contributed by atoms with Crippen molar-refractivity contribution >= 4 is 24.8 Å². The number of imidazole rings is 1. The molecule has 4 nitrogen and oxygen atoms in total. The number of halogens is 2. The summed E-state index contributed by atoms with van der Waals surface area (Å²) in [5.74, 6) is 1.18. The highest BCUT2D eigenvalue weighted by Gasteiger charge is 2.20. The third-order valence-electron chi connectivity index (χ3n) is 3.44. The Morgan fingerprint density at radius 1 is 1.50 bits per heavy atom. The molecule has 6 heteroatoms.